The first-order valence-electron chi connectivity index (χ1n) is 3.60. The van der Waals surface area contributed by atoms with E-state index in [1.807, 2.05) is 0 Å². The zero-order chi connectivity index (χ0) is 9.56. The maximum absolute atomic E-state index is 10.2. The molecule has 1 atom stereocenters. The molecule has 0 rings (SSSR count). The summed E-state index contributed by atoms with van der Waals surface area (Å²) in [7, 11) is 0. The Kier molecular flexibility index (Phi) is 4.78. The smallest absolute Gasteiger partial charge is 0.320 e. The van der Waals surface area contributed by atoms with Crippen molar-refractivity contribution in [2.24, 2.45) is 11.5 Å². The second-order valence-corrected chi connectivity index (χ2v) is 2.43. The Balaban J connectivity index is 3.31. The zero-order valence-corrected chi connectivity index (χ0v) is 6.71. The molecule has 0 aromatic rings. The summed E-state index contributed by atoms with van der Waals surface area (Å²) in [5.74, 6) is -1.11. The second-order valence-electron chi connectivity index (χ2n) is 2.43. The molecule has 6 nitrogen and oxygen atoms in total. The molecule has 0 bridgehead atoms. The van der Waals surface area contributed by atoms with Crippen molar-refractivity contribution in [3.8, 4) is 0 Å². The van der Waals surface area contributed by atoms with E-state index in [-0.39, 0.29) is 5.96 Å². The van der Waals surface area contributed by atoms with Crippen molar-refractivity contribution in [3.63, 3.8) is 0 Å². The summed E-state index contributed by atoms with van der Waals surface area (Å²) < 4.78 is 0. The van der Waals surface area contributed by atoms with Gasteiger partial charge in [0, 0.05) is 6.54 Å². The van der Waals surface area contributed by atoms with Gasteiger partial charge < -0.3 is 21.9 Å². The maximum Gasteiger partial charge on any atom is 0.320 e. The van der Waals surface area contributed by atoms with Crippen LogP contribution in [-0.4, -0.2) is 29.6 Å². The van der Waals surface area contributed by atoms with Crippen LogP contribution in [0.1, 0.15) is 12.8 Å². The van der Waals surface area contributed by atoms with Crippen LogP contribution in [-0.2, 0) is 4.79 Å². The molecule has 7 N–H and O–H groups in total. The molecular weight excluding hydrogens is 161 g/mol. The number of rotatable bonds is 5. The summed E-state index contributed by atoms with van der Waals surface area (Å²) in [6, 6.07) is -0.821. The van der Waals surface area contributed by atoms with Gasteiger partial charge in [-0.3, -0.25) is 10.2 Å². The lowest BCUT2D eigenvalue weighted by atomic mass is 10.2. The van der Waals surface area contributed by atoms with Gasteiger partial charge in [0.05, 0.1) is 0 Å². The van der Waals surface area contributed by atoms with Crippen molar-refractivity contribution in [1.82, 2.24) is 5.32 Å². The van der Waals surface area contributed by atoms with Gasteiger partial charge in [0.15, 0.2) is 5.96 Å². The van der Waals surface area contributed by atoms with Gasteiger partial charge in [0.1, 0.15) is 6.04 Å². The van der Waals surface area contributed by atoms with Gasteiger partial charge in [-0.1, -0.05) is 0 Å². The van der Waals surface area contributed by atoms with Crippen LogP contribution in [0.3, 0.4) is 0 Å². The predicted molar refractivity (Wildman–Crippen MR) is 44.8 cm³/mol. The largest absolute Gasteiger partial charge is 0.480 e. The summed E-state index contributed by atoms with van der Waals surface area (Å²) in [4.78, 5) is 10.2. The lowest BCUT2D eigenvalue weighted by molar-refractivity contribution is -0.138. The second kappa shape index (κ2) is 5.36. The minimum absolute atomic E-state index is 0.112. The van der Waals surface area contributed by atoms with E-state index in [4.69, 9.17) is 22.0 Å². The van der Waals surface area contributed by atoms with E-state index in [2.05, 4.69) is 5.32 Å². The molecule has 0 aliphatic rings. The van der Waals surface area contributed by atoms with Crippen LogP contribution in [0.2, 0.25) is 0 Å². The standard InChI is InChI=1S/C6H14N4O2/c7-4(5(11)12)2-1-3-10-6(8)9/h4H,1-3,7H2,(H,11,12)(H4,8,9,10)/t4-/m0/s1/i7+1. The van der Waals surface area contributed by atoms with Crippen LogP contribution in [0.4, 0.5) is 0 Å². The number of carbonyl (C=O) groups is 1. The summed E-state index contributed by atoms with van der Waals surface area (Å²) >= 11 is 0. The van der Waals surface area contributed by atoms with E-state index < -0.39 is 12.0 Å². The van der Waals surface area contributed by atoms with Crippen molar-refractivity contribution < 1.29 is 9.90 Å². The summed E-state index contributed by atoms with van der Waals surface area (Å²) in [5, 5.41) is 17.7. The highest BCUT2D eigenvalue weighted by Crippen LogP contribution is 1.92. The predicted octanol–water partition coefficient (Wildman–Crippen LogP) is -1.34. The highest BCUT2D eigenvalue weighted by Gasteiger charge is 2.09. The van der Waals surface area contributed by atoms with E-state index in [9.17, 15) is 4.79 Å². The minimum Gasteiger partial charge on any atom is -0.480 e. The number of aliphatic carboxylic acids is 1. The molecule has 70 valence electrons. The molecule has 0 aliphatic carbocycles. The van der Waals surface area contributed by atoms with Crippen molar-refractivity contribution >= 4 is 11.9 Å². The molecule has 0 heterocycles. The number of guanidine groups is 1. The van der Waals surface area contributed by atoms with Gasteiger partial charge in [0.2, 0.25) is 0 Å². The molecule has 0 spiro atoms. The van der Waals surface area contributed by atoms with Gasteiger partial charge in [-0.05, 0) is 12.8 Å². The molecule has 0 aromatic heterocycles. The molecule has 6 heteroatoms. The van der Waals surface area contributed by atoms with E-state index >= 15 is 0 Å². The van der Waals surface area contributed by atoms with Gasteiger partial charge in [-0.25, -0.2) is 0 Å². The normalized spacial score (nSPS) is 12.1. The van der Waals surface area contributed by atoms with Gasteiger partial charge >= 0.3 is 5.97 Å². The molecule has 0 aliphatic heterocycles. The number of carboxylic acids is 1. The Hall–Kier alpha value is -1.30. The lowest BCUT2D eigenvalue weighted by Crippen LogP contribution is -2.34. The van der Waals surface area contributed by atoms with Crippen LogP contribution in [0, 0.1) is 5.41 Å². The first-order valence-corrected chi connectivity index (χ1v) is 3.60. The topological polar surface area (TPSA) is 125 Å². The molecule has 0 radical (unpaired) electrons. The van der Waals surface area contributed by atoms with Crippen LogP contribution < -0.4 is 16.8 Å². The third kappa shape index (κ3) is 5.48. The van der Waals surface area contributed by atoms with E-state index in [0.29, 0.717) is 19.4 Å². The number of nitrogens with one attached hydrogen (secondary N) is 2. The Morgan fingerprint density at radius 2 is 2.25 bits per heavy atom. The van der Waals surface area contributed by atoms with Crippen LogP contribution in [0.5, 0.6) is 0 Å². The Labute approximate surface area is 70.4 Å². The Morgan fingerprint density at radius 1 is 1.67 bits per heavy atom. The quantitative estimate of drug-likeness (QED) is 0.153. The molecule has 0 fully saturated rings. The SMILES string of the molecule is N=C(N)NCCC[C@H]([15NH2])C(=O)O. The molecular formula is C6H14N4O2. The molecule has 12 heavy (non-hydrogen) atoms. The van der Waals surface area contributed by atoms with Crippen LogP contribution >= 0.6 is 0 Å². The zero-order valence-electron chi connectivity index (χ0n) is 6.71. The van der Waals surface area contributed by atoms with Crippen LogP contribution in [0.15, 0.2) is 0 Å². The maximum atomic E-state index is 10.2. The summed E-state index contributed by atoms with van der Waals surface area (Å²) in [6.07, 6.45) is 0.975. The average molecular weight is 175 g/mol. The fraction of sp³-hybridized carbons (Fsp3) is 0.667. The highest BCUT2D eigenvalue weighted by molar-refractivity contribution is 5.74. The number of carboxylic acid groups (broad SMARTS) is 1. The van der Waals surface area contributed by atoms with Crippen LogP contribution in [0.25, 0.3) is 0 Å². The van der Waals surface area contributed by atoms with Crippen molar-refractivity contribution in [1.29, 1.82) is 5.41 Å². The Morgan fingerprint density at radius 3 is 2.67 bits per heavy atom. The Bertz CT molecular complexity index is 171. The first kappa shape index (κ1) is 10.7. The summed E-state index contributed by atoms with van der Waals surface area (Å²) in [5.41, 5.74) is 10.2. The van der Waals surface area contributed by atoms with E-state index in [1.165, 1.54) is 0 Å². The van der Waals surface area contributed by atoms with Gasteiger partial charge in [-0.2, -0.15) is 0 Å². The van der Waals surface area contributed by atoms with Crippen molar-refractivity contribution in [3.05, 3.63) is 0 Å². The summed E-state index contributed by atoms with van der Waals surface area (Å²) in [6.45, 7) is 0.482. The molecule has 0 saturated carbocycles. The lowest BCUT2D eigenvalue weighted by Gasteiger charge is -2.06. The van der Waals surface area contributed by atoms with E-state index in [0.717, 1.165) is 0 Å². The fourth-order valence-electron chi connectivity index (χ4n) is 0.669. The van der Waals surface area contributed by atoms with Gasteiger partial charge in [0.25, 0.3) is 0 Å². The number of hydrogen-bond acceptors (Lipinski definition) is 3. The minimum atomic E-state index is -1.00. The molecule has 0 amide bonds. The van der Waals surface area contributed by atoms with Gasteiger partial charge in [-0.15, -0.1) is 0 Å². The highest BCUT2D eigenvalue weighted by atomic mass is 16.4. The van der Waals surface area contributed by atoms with E-state index in [1.54, 1.807) is 0 Å². The average Bonchev–Trinajstić information content (AvgIpc) is 1.97. The first-order chi connectivity index (χ1) is 5.54. The van der Waals surface area contributed by atoms with Crippen molar-refractivity contribution in [2.75, 3.05) is 6.54 Å². The molecule has 0 unspecified atom stereocenters. The number of nitrogens with two attached hydrogens (primary N) is 2. The third-order valence-corrected chi connectivity index (χ3v) is 1.32. The van der Waals surface area contributed by atoms with Crippen molar-refractivity contribution in [2.45, 2.75) is 18.9 Å². The monoisotopic (exact) mass is 175 g/mol. The third-order valence-electron chi connectivity index (χ3n) is 1.32. The molecule has 0 saturated heterocycles. The fourth-order valence-corrected chi connectivity index (χ4v) is 0.669. The molecule has 0 aromatic carbocycles. The number of hydrogen-bond donors (Lipinski definition) is 5.